The number of nitrogens with zero attached hydrogens (tertiary/aromatic N) is 1. The normalized spacial score (nSPS) is 9.29. The third-order valence-electron chi connectivity index (χ3n) is 1.16. The van der Waals surface area contributed by atoms with Gasteiger partial charge in [0.05, 0.1) is 5.71 Å². The molecular weight excluding hydrogens is 172 g/mol. The van der Waals surface area contributed by atoms with E-state index in [4.69, 9.17) is 5.41 Å². The summed E-state index contributed by atoms with van der Waals surface area (Å²) < 4.78 is 0. The molecule has 0 aromatic heterocycles. The predicted octanol–water partition coefficient (Wildman–Crippen LogP) is 3.77. The summed E-state index contributed by atoms with van der Waals surface area (Å²) in [5.74, 6) is 0. The standard InChI is InChI=1S/C10H14N2.C2H6/c1-5-12-10(6-8(2)3)9(4)7-11;1-2/h5-7,11H,1,4H2,2-3H3;1-2H3. The van der Waals surface area contributed by atoms with Crippen molar-refractivity contribution in [1.82, 2.24) is 0 Å². The molecule has 0 aromatic carbocycles. The average molecular weight is 192 g/mol. The fourth-order valence-electron chi connectivity index (χ4n) is 0.659. The molecule has 0 aliphatic heterocycles. The first kappa shape index (κ1) is 15.1. The van der Waals surface area contributed by atoms with E-state index in [0.29, 0.717) is 11.3 Å². The Bertz CT molecular complexity index is 253. The molecule has 0 aromatic rings. The molecule has 78 valence electrons. The molecule has 2 nitrogen and oxygen atoms in total. The van der Waals surface area contributed by atoms with Crippen molar-refractivity contribution in [3.05, 3.63) is 36.6 Å². The first-order chi connectivity index (χ1) is 6.61. The number of rotatable bonds is 4. The maximum absolute atomic E-state index is 6.99. The van der Waals surface area contributed by atoms with Gasteiger partial charge in [0.25, 0.3) is 0 Å². The Morgan fingerprint density at radius 1 is 1.29 bits per heavy atom. The molecule has 0 saturated heterocycles. The third-order valence-corrected chi connectivity index (χ3v) is 1.16. The van der Waals surface area contributed by atoms with E-state index in [9.17, 15) is 0 Å². The van der Waals surface area contributed by atoms with E-state index in [1.165, 1.54) is 12.4 Å². The minimum absolute atomic E-state index is 0.594. The molecule has 0 atom stereocenters. The molecular formula is C12H20N2. The molecule has 0 radical (unpaired) electrons. The number of aliphatic imine (C=N–C) groups is 1. The van der Waals surface area contributed by atoms with E-state index in [0.717, 1.165) is 5.57 Å². The summed E-state index contributed by atoms with van der Waals surface area (Å²) >= 11 is 0. The minimum Gasteiger partial charge on any atom is -0.308 e. The van der Waals surface area contributed by atoms with E-state index in [1.807, 2.05) is 33.8 Å². The van der Waals surface area contributed by atoms with Crippen LogP contribution in [0.2, 0.25) is 0 Å². The quantitative estimate of drug-likeness (QED) is 0.658. The zero-order chi connectivity index (χ0) is 11.6. The van der Waals surface area contributed by atoms with Crippen molar-refractivity contribution in [1.29, 1.82) is 5.41 Å². The second-order valence-electron chi connectivity index (χ2n) is 2.59. The van der Waals surface area contributed by atoms with Crippen molar-refractivity contribution in [2.45, 2.75) is 27.7 Å². The first-order valence-corrected chi connectivity index (χ1v) is 4.65. The second kappa shape index (κ2) is 9.65. The summed E-state index contributed by atoms with van der Waals surface area (Å²) in [6, 6.07) is 0. The van der Waals surface area contributed by atoms with E-state index in [2.05, 4.69) is 18.2 Å². The van der Waals surface area contributed by atoms with Crippen molar-refractivity contribution in [2.75, 3.05) is 0 Å². The molecule has 0 unspecified atom stereocenters. The van der Waals surface area contributed by atoms with Gasteiger partial charge in [-0.2, -0.15) is 0 Å². The lowest BCUT2D eigenvalue weighted by Gasteiger charge is -1.98. The molecule has 0 spiro atoms. The lowest BCUT2D eigenvalue weighted by molar-refractivity contribution is 1.40. The van der Waals surface area contributed by atoms with Crippen LogP contribution in [0.15, 0.2) is 41.6 Å². The molecule has 0 rings (SSSR count). The van der Waals surface area contributed by atoms with Crippen molar-refractivity contribution >= 4 is 11.9 Å². The Balaban J connectivity index is 0. The smallest absolute Gasteiger partial charge is 0.0710 e. The summed E-state index contributed by atoms with van der Waals surface area (Å²) in [4.78, 5) is 3.99. The van der Waals surface area contributed by atoms with E-state index >= 15 is 0 Å². The topological polar surface area (TPSA) is 36.2 Å². The number of hydrogen-bond acceptors (Lipinski definition) is 2. The van der Waals surface area contributed by atoms with Crippen LogP contribution < -0.4 is 0 Å². The highest BCUT2D eigenvalue weighted by Gasteiger charge is 1.96. The maximum atomic E-state index is 6.99. The molecule has 0 aliphatic rings. The fraction of sp³-hybridized carbons (Fsp3) is 0.333. The monoisotopic (exact) mass is 192 g/mol. The molecule has 0 saturated carbocycles. The summed E-state index contributed by atoms with van der Waals surface area (Å²) in [6.07, 6.45) is 4.50. The summed E-state index contributed by atoms with van der Waals surface area (Å²) in [6.45, 7) is 15.1. The van der Waals surface area contributed by atoms with Gasteiger partial charge in [0.1, 0.15) is 0 Å². The van der Waals surface area contributed by atoms with Crippen molar-refractivity contribution in [2.24, 2.45) is 4.99 Å². The Hall–Kier alpha value is -1.44. The van der Waals surface area contributed by atoms with Gasteiger partial charge in [0.15, 0.2) is 0 Å². The van der Waals surface area contributed by atoms with Gasteiger partial charge in [0, 0.05) is 18.0 Å². The molecule has 0 heterocycles. The van der Waals surface area contributed by atoms with Gasteiger partial charge >= 0.3 is 0 Å². The summed E-state index contributed by atoms with van der Waals surface area (Å²) in [5.41, 5.74) is 2.41. The van der Waals surface area contributed by atoms with Gasteiger partial charge < -0.3 is 5.41 Å². The van der Waals surface area contributed by atoms with Gasteiger partial charge in [-0.1, -0.05) is 32.6 Å². The van der Waals surface area contributed by atoms with Crippen LogP contribution in [0.25, 0.3) is 0 Å². The van der Waals surface area contributed by atoms with Crippen LogP contribution in [-0.2, 0) is 0 Å². The molecule has 2 heteroatoms. The predicted molar refractivity (Wildman–Crippen MR) is 66.3 cm³/mol. The second-order valence-corrected chi connectivity index (χ2v) is 2.59. The largest absolute Gasteiger partial charge is 0.308 e. The van der Waals surface area contributed by atoms with Crippen molar-refractivity contribution in [3.8, 4) is 0 Å². The molecule has 0 aliphatic carbocycles. The summed E-state index contributed by atoms with van der Waals surface area (Å²) in [7, 11) is 0. The minimum atomic E-state index is 0.594. The SMILES string of the molecule is C=CN=C(C=C(C)C)C(=C)C=N.CC. The summed E-state index contributed by atoms with van der Waals surface area (Å²) in [5, 5.41) is 6.99. The lowest BCUT2D eigenvalue weighted by atomic mass is 10.1. The van der Waals surface area contributed by atoms with Crippen LogP contribution in [-0.4, -0.2) is 11.9 Å². The maximum Gasteiger partial charge on any atom is 0.0710 e. The van der Waals surface area contributed by atoms with Gasteiger partial charge in [-0.15, -0.1) is 0 Å². The van der Waals surface area contributed by atoms with Gasteiger partial charge in [-0.3, -0.25) is 4.99 Å². The molecule has 1 N–H and O–H groups in total. The zero-order valence-corrected chi connectivity index (χ0v) is 9.59. The number of nitrogens with one attached hydrogen (secondary N) is 1. The van der Waals surface area contributed by atoms with Gasteiger partial charge in [-0.25, -0.2) is 0 Å². The highest BCUT2D eigenvalue weighted by atomic mass is 14.7. The van der Waals surface area contributed by atoms with Gasteiger partial charge in [0.2, 0.25) is 0 Å². The number of allylic oxidation sites excluding steroid dienone is 3. The van der Waals surface area contributed by atoms with Crippen LogP contribution in [0.4, 0.5) is 0 Å². The van der Waals surface area contributed by atoms with Crippen LogP contribution in [0.3, 0.4) is 0 Å². The van der Waals surface area contributed by atoms with Gasteiger partial charge in [-0.05, 0) is 19.9 Å². The highest BCUT2D eigenvalue weighted by molar-refractivity contribution is 6.20. The fourth-order valence-corrected chi connectivity index (χ4v) is 0.659. The number of hydrogen-bond donors (Lipinski definition) is 1. The van der Waals surface area contributed by atoms with Crippen LogP contribution in [0.5, 0.6) is 0 Å². The Labute approximate surface area is 87.3 Å². The van der Waals surface area contributed by atoms with E-state index < -0.39 is 0 Å². The first-order valence-electron chi connectivity index (χ1n) is 4.65. The van der Waals surface area contributed by atoms with E-state index in [-0.39, 0.29) is 0 Å². The van der Waals surface area contributed by atoms with Crippen LogP contribution in [0.1, 0.15) is 27.7 Å². The lowest BCUT2D eigenvalue weighted by Crippen LogP contribution is -1.98. The molecule has 0 fully saturated rings. The zero-order valence-electron chi connectivity index (χ0n) is 9.59. The van der Waals surface area contributed by atoms with Crippen molar-refractivity contribution in [3.63, 3.8) is 0 Å². The van der Waals surface area contributed by atoms with Crippen LogP contribution in [0, 0.1) is 5.41 Å². The Morgan fingerprint density at radius 3 is 2.07 bits per heavy atom. The molecule has 14 heavy (non-hydrogen) atoms. The highest BCUT2D eigenvalue weighted by Crippen LogP contribution is 1.99. The molecule has 0 bridgehead atoms. The van der Waals surface area contributed by atoms with Crippen molar-refractivity contribution < 1.29 is 0 Å². The average Bonchev–Trinajstić information content (AvgIpc) is 2.18. The van der Waals surface area contributed by atoms with E-state index in [1.54, 1.807) is 0 Å². The Kier molecular flexibility index (Phi) is 10.4. The Morgan fingerprint density at radius 2 is 1.79 bits per heavy atom. The molecule has 0 amide bonds. The van der Waals surface area contributed by atoms with Crippen LogP contribution >= 0.6 is 0 Å². The third kappa shape index (κ3) is 7.22.